The first kappa shape index (κ1) is 10.1. The summed E-state index contributed by atoms with van der Waals surface area (Å²) in [7, 11) is 0. The van der Waals surface area contributed by atoms with Crippen molar-refractivity contribution >= 4 is 11.8 Å². The Bertz CT molecular complexity index is 461. The number of ether oxygens (including phenoxy) is 1. The summed E-state index contributed by atoms with van der Waals surface area (Å²) < 4.78 is 5.34. The lowest BCUT2D eigenvalue weighted by atomic mass is 9.98. The van der Waals surface area contributed by atoms with Gasteiger partial charge in [-0.25, -0.2) is 9.97 Å². The van der Waals surface area contributed by atoms with Gasteiger partial charge in [0.25, 0.3) is 0 Å². The topological polar surface area (TPSA) is 58.8 Å². The predicted molar refractivity (Wildman–Crippen MR) is 58.9 cm³/mol. The molecule has 16 heavy (non-hydrogen) atoms. The summed E-state index contributed by atoms with van der Waals surface area (Å²) in [5.41, 5.74) is 0.471. The zero-order valence-corrected chi connectivity index (χ0v) is 9.70. The van der Waals surface area contributed by atoms with Crippen molar-refractivity contribution < 1.29 is 4.74 Å². The van der Waals surface area contributed by atoms with E-state index in [1.165, 1.54) is 11.8 Å². The normalized spacial score (nSPS) is 35.5. The van der Waals surface area contributed by atoms with E-state index in [1.54, 1.807) is 6.20 Å². The van der Waals surface area contributed by atoms with Crippen LogP contribution in [0.2, 0.25) is 0 Å². The van der Waals surface area contributed by atoms with Crippen LogP contribution in [0.25, 0.3) is 0 Å². The minimum atomic E-state index is -0.397. The van der Waals surface area contributed by atoms with Crippen LogP contribution in [0.4, 0.5) is 0 Å². The summed E-state index contributed by atoms with van der Waals surface area (Å²) in [6.45, 7) is 1.38. The van der Waals surface area contributed by atoms with Crippen LogP contribution in [0.3, 0.4) is 0 Å². The smallest absolute Gasteiger partial charge is 0.187 e. The van der Waals surface area contributed by atoms with Crippen LogP contribution in [0.1, 0.15) is 5.69 Å². The number of aromatic nitrogens is 2. The van der Waals surface area contributed by atoms with Gasteiger partial charge in [0.15, 0.2) is 5.16 Å². The van der Waals surface area contributed by atoms with Gasteiger partial charge in [0.05, 0.1) is 25.0 Å². The van der Waals surface area contributed by atoms with Crippen LogP contribution in [-0.2, 0) is 10.2 Å². The fourth-order valence-corrected chi connectivity index (χ4v) is 2.98. The molecule has 1 aliphatic heterocycles. The largest absolute Gasteiger partial charge is 0.381 e. The lowest BCUT2D eigenvalue weighted by Crippen LogP contribution is -2.18. The van der Waals surface area contributed by atoms with E-state index in [0.29, 0.717) is 25.0 Å². The van der Waals surface area contributed by atoms with E-state index in [1.807, 2.05) is 12.3 Å². The van der Waals surface area contributed by atoms with Crippen LogP contribution in [0.15, 0.2) is 17.4 Å². The third-order valence-corrected chi connectivity index (χ3v) is 4.13. The Hall–Kier alpha value is -1.12. The van der Waals surface area contributed by atoms with Crippen LogP contribution < -0.4 is 0 Å². The van der Waals surface area contributed by atoms with Crippen molar-refractivity contribution in [3.63, 3.8) is 0 Å². The summed E-state index contributed by atoms with van der Waals surface area (Å²) in [6.07, 6.45) is 3.68. The minimum Gasteiger partial charge on any atom is -0.381 e. The van der Waals surface area contributed by atoms with Gasteiger partial charge in [0.1, 0.15) is 5.41 Å². The highest BCUT2D eigenvalue weighted by molar-refractivity contribution is 7.98. The number of fused-ring (bicyclic) bond motifs is 1. The van der Waals surface area contributed by atoms with Crippen molar-refractivity contribution in [2.24, 2.45) is 11.8 Å². The molecule has 3 atom stereocenters. The van der Waals surface area contributed by atoms with Gasteiger partial charge in [-0.3, -0.25) is 0 Å². The maximum Gasteiger partial charge on any atom is 0.187 e. The monoisotopic (exact) mass is 233 g/mol. The summed E-state index contributed by atoms with van der Waals surface area (Å²) in [6, 6.07) is 4.30. The molecule has 1 unspecified atom stereocenters. The molecule has 2 aliphatic rings. The highest BCUT2D eigenvalue weighted by atomic mass is 32.2. The van der Waals surface area contributed by atoms with Crippen molar-refractivity contribution in [3.8, 4) is 6.07 Å². The zero-order valence-electron chi connectivity index (χ0n) is 8.88. The summed E-state index contributed by atoms with van der Waals surface area (Å²) in [5, 5.41) is 10.1. The molecule has 1 saturated carbocycles. The molecule has 5 heteroatoms. The molecule has 0 spiro atoms. The Labute approximate surface area is 98.0 Å². The van der Waals surface area contributed by atoms with Gasteiger partial charge < -0.3 is 4.74 Å². The third-order valence-electron chi connectivity index (χ3n) is 3.57. The molecule has 0 amide bonds. The Morgan fingerprint density at radius 1 is 1.56 bits per heavy atom. The first-order valence-corrected chi connectivity index (χ1v) is 6.42. The van der Waals surface area contributed by atoms with Crippen molar-refractivity contribution in [2.45, 2.75) is 10.6 Å². The second-order valence-electron chi connectivity index (χ2n) is 4.16. The molecule has 1 saturated heterocycles. The van der Waals surface area contributed by atoms with Crippen molar-refractivity contribution in [2.75, 3.05) is 19.5 Å². The predicted octanol–water partition coefficient (Wildman–Crippen LogP) is 1.24. The molecular formula is C11H11N3OS. The number of hydrogen-bond donors (Lipinski definition) is 0. The van der Waals surface area contributed by atoms with E-state index >= 15 is 0 Å². The van der Waals surface area contributed by atoms with Crippen molar-refractivity contribution in [1.29, 1.82) is 5.26 Å². The third kappa shape index (κ3) is 1.14. The number of hydrogen-bond acceptors (Lipinski definition) is 5. The fraction of sp³-hybridized carbons (Fsp3) is 0.545. The Kier molecular flexibility index (Phi) is 2.16. The molecule has 2 heterocycles. The molecule has 1 aliphatic carbocycles. The van der Waals surface area contributed by atoms with Crippen LogP contribution in [0, 0.1) is 23.2 Å². The van der Waals surface area contributed by atoms with Gasteiger partial charge in [-0.1, -0.05) is 11.8 Å². The Morgan fingerprint density at radius 3 is 2.94 bits per heavy atom. The molecule has 0 N–H and O–H groups in total. The maximum atomic E-state index is 9.41. The zero-order chi connectivity index (χ0) is 11.2. The lowest BCUT2D eigenvalue weighted by molar-refractivity contribution is 0.151. The first-order valence-electron chi connectivity index (χ1n) is 5.19. The summed E-state index contributed by atoms with van der Waals surface area (Å²) in [5.74, 6) is 0.671. The molecule has 0 bridgehead atoms. The van der Waals surface area contributed by atoms with E-state index in [-0.39, 0.29) is 0 Å². The standard InChI is InChI=1S/C11H11N3OS/c1-16-10-13-3-2-9(14-10)11(6-12)7-4-15-5-8(7)11/h2-3,7-8H,4-5H2,1H3/t7-,8+,11?. The quantitative estimate of drug-likeness (QED) is 0.568. The van der Waals surface area contributed by atoms with Crippen LogP contribution in [0.5, 0.6) is 0 Å². The highest BCUT2D eigenvalue weighted by Crippen LogP contribution is 2.62. The van der Waals surface area contributed by atoms with Gasteiger partial charge in [-0.05, 0) is 12.3 Å². The average molecular weight is 233 g/mol. The van der Waals surface area contributed by atoms with E-state index in [9.17, 15) is 5.26 Å². The van der Waals surface area contributed by atoms with E-state index in [0.717, 1.165) is 10.9 Å². The molecule has 0 aromatic carbocycles. The molecular weight excluding hydrogens is 222 g/mol. The number of thioether (sulfide) groups is 1. The van der Waals surface area contributed by atoms with Gasteiger partial charge >= 0.3 is 0 Å². The second kappa shape index (κ2) is 3.44. The van der Waals surface area contributed by atoms with E-state index in [2.05, 4.69) is 16.0 Å². The molecule has 0 radical (unpaired) electrons. The SMILES string of the molecule is CSc1nccc(C2(C#N)[C@@H]3COC[C@@H]32)n1. The number of nitriles is 1. The average Bonchev–Trinajstić information content (AvgIpc) is 2.72. The fourth-order valence-electron chi connectivity index (χ4n) is 2.63. The van der Waals surface area contributed by atoms with Crippen molar-refractivity contribution in [1.82, 2.24) is 9.97 Å². The highest BCUT2D eigenvalue weighted by Gasteiger charge is 2.70. The van der Waals surface area contributed by atoms with Gasteiger partial charge in [-0.2, -0.15) is 5.26 Å². The molecule has 2 fully saturated rings. The van der Waals surface area contributed by atoms with Gasteiger partial charge in [0.2, 0.25) is 0 Å². The molecule has 82 valence electrons. The van der Waals surface area contributed by atoms with Gasteiger partial charge in [-0.15, -0.1) is 0 Å². The van der Waals surface area contributed by atoms with Crippen LogP contribution >= 0.6 is 11.8 Å². The Balaban J connectivity index is 2.00. The molecule has 1 aromatic rings. The second-order valence-corrected chi connectivity index (χ2v) is 4.93. The van der Waals surface area contributed by atoms with Gasteiger partial charge in [0, 0.05) is 18.0 Å². The number of nitrogens with zero attached hydrogens (tertiary/aromatic N) is 3. The minimum absolute atomic E-state index is 0.335. The summed E-state index contributed by atoms with van der Waals surface area (Å²) in [4.78, 5) is 8.59. The lowest BCUT2D eigenvalue weighted by Gasteiger charge is -2.12. The summed E-state index contributed by atoms with van der Waals surface area (Å²) >= 11 is 1.50. The number of rotatable bonds is 2. The first-order chi connectivity index (χ1) is 7.82. The Morgan fingerprint density at radius 2 is 2.31 bits per heavy atom. The van der Waals surface area contributed by atoms with E-state index < -0.39 is 5.41 Å². The maximum absolute atomic E-state index is 9.41. The van der Waals surface area contributed by atoms with Crippen molar-refractivity contribution in [3.05, 3.63) is 18.0 Å². The molecule has 4 nitrogen and oxygen atoms in total. The molecule has 3 rings (SSSR count). The van der Waals surface area contributed by atoms with E-state index in [4.69, 9.17) is 4.74 Å². The van der Waals surface area contributed by atoms with Crippen LogP contribution in [-0.4, -0.2) is 29.4 Å². The molecule has 1 aromatic heterocycles.